The Bertz CT molecular complexity index is 1150. The zero-order chi connectivity index (χ0) is 22.7. The van der Waals surface area contributed by atoms with Crippen LogP contribution >= 0.6 is 11.6 Å². The molecule has 1 saturated heterocycles. The van der Waals surface area contributed by atoms with Crippen molar-refractivity contribution in [3.8, 4) is 11.5 Å². The number of likely N-dealkylation sites (tertiary alicyclic amines) is 1. The molecule has 2 aromatic carbocycles. The molecule has 1 atom stereocenters. The quantitative estimate of drug-likeness (QED) is 0.574. The van der Waals surface area contributed by atoms with E-state index in [1.165, 1.54) is 26.6 Å². The Labute approximate surface area is 189 Å². The van der Waals surface area contributed by atoms with Crippen molar-refractivity contribution >= 4 is 39.9 Å². The number of carbonyl (C=O) groups excluding carboxylic acids is 1. The average molecular weight is 461 g/mol. The highest BCUT2D eigenvalue weighted by Crippen LogP contribution is 2.36. The summed E-state index contributed by atoms with van der Waals surface area (Å²) in [5.41, 5.74) is 0.787. The van der Waals surface area contributed by atoms with E-state index < -0.39 is 5.82 Å². The van der Waals surface area contributed by atoms with Crippen molar-refractivity contribution < 1.29 is 23.4 Å². The summed E-state index contributed by atoms with van der Waals surface area (Å²) in [5, 5.41) is 3.60. The lowest BCUT2D eigenvalue weighted by molar-refractivity contribution is -0.134. The molecule has 4 rings (SSSR count). The van der Waals surface area contributed by atoms with E-state index >= 15 is 0 Å². The molecule has 1 amide bonds. The van der Waals surface area contributed by atoms with Crippen LogP contribution in [-0.2, 0) is 9.53 Å². The number of halogens is 2. The first-order valence-corrected chi connectivity index (χ1v) is 10.3. The number of amides is 1. The van der Waals surface area contributed by atoms with Gasteiger partial charge in [-0.25, -0.2) is 14.4 Å². The molecule has 3 aromatic rings. The Morgan fingerprint density at radius 2 is 2.12 bits per heavy atom. The van der Waals surface area contributed by atoms with Gasteiger partial charge in [-0.3, -0.25) is 4.79 Å². The van der Waals surface area contributed by atoms with Gasteiger partial charge in [-0.2, -0.15) is 0 Å². The van der Waals surface area contributed by atoms with Crippen LogP contribution in [0.1, 0.15) is 6.42 Å². The SMILES string of the molecule is COCC(=O)N1CCC(Oc2cc3ncnc(Nc4cccc(Cl)c4F)c3cc2OC)C1. The van der Waals surface area contributed by atoms with Gasteiger partial charge in [-0.05, 0) is 18.2 Å². The zero-order valence-electron chi connectivity index (χ0n) is 17.6. The molecule has 1 N–H and O–H groups in total. The Morgan fingerprint density at radius 1 is 1.28 bits per heavy atom. The molecule has 0 radical (unpaired) electrons. The summed E-state index contributed by atoms with van der Waals surface area (Å²) in [7, 11) is 3.03. The molecule has 10 heteroatoms. The normalized spacial score (nSPS) is 15.8. The fourth-order valence-corrected chi connectivity index (χ4v) is 3.76. The van der Waals surface area contributed by atoms with Gasteiger partial charge in [0.25, 0.3) is 0 Å². The van der Waals surface area contributed by atoms with Crippen LogP contribution in [0.25, 0.3) is 10.9 Å². The standard InChI is InChI=1S/C22H22ClFN4O4/c1-30-11-20(29)28-7-6-13(10-28)32-19-9-17-14(8-18(19)31-2)22(26-12-25-17)27-16-5-3-4-15(23)21(16)24/h3-5,8-9,12-13H,6-7,10-11H2,1-2H3,(H,25,26,27). The third kappa shape index (κ3) is 4.53. The zero-order valence-corrected chi connectivity index (χ0v) is 18.4. The Balaban J connectivity index is 1.59. The molecule has 1 aliphatic heterocycles. The molecule has 1 fully saturated rings. The summed E-state index contributed by atoms with van der Waals surface area (Å²) >= 11 is 5.88. The minimum absolute atomic E-state index is 0.0104. The first-order chi connectivity index (χ1) is 15.5. The summed E-state index contributed by atoms with van der Waals surface area (Å²) in [6, 6.07) is 8.17. The van der Waals surface area contributed by atoms with Gasteiger partial charge in [0.05, 0.1) is 29.9 Å². The molecule has 32 heavy (non-hydrogen) atoms. The molecule has 0 saturated carbocycles. The van der Waals surface area contributed by atoms with Crippen LogP contribution in [0.2, 0.25) is 5.02 Å². The van der Waals surface area contributed by atoms with Crippen LogP contribution in [0.5, 0.6) is 11.5 Å². The second-order valence-corrected chi connectivity index (χ2v) is 7.68. The van der Waals surface area contributed by atoms with E-state index in [0.29, 0.717) is 47.7 Å². The molecule has 1 aromatic heterocycles. The Hall–Kier alpha value is -3.17. The van der Waals surface area contributed by atoms with Crippen LogP contribution in [0.3, 0.4) is 0 Å². The highest BCUT2D eigenvalue weighted by Gasteiger charge is 2.28. The largest absolute Gasteiger partial charge is 0.493 e. The van der Waals surface area contributed by atoms with Gasteiger partial charge >= 0.3 is 0 Å². The number of carbonyl (C=O) groups is 1. The minimum atomic E-state index is -0.568. The van der Waals surface area contributed by atoms with E-state index in [4.69, 9.17) is 25.8 Å². The van der Waals surface area contributed by atoms with Gasteiger partial charge in [0.1, 0.15) is 24.9 Å². The van der Waals surface area contributed by atoms with Crippen molar-refractivity contribution in [3.05, 3.63) is 47.5 Å². The topological polar surface area (TPSA) is 85.8 Å². The van der Waals surface area contributed by atoms with E-state index in [2.05, 4.69) is 15.3 Å². The number of hydrogen-bond donors (Lipinski definition) is 1. The molecule has 0 aliphatic carbocycles. The van der Waals surface area contributed by atoms with Gasteiger partial charge in [0.2, 0.25) is 5.91 Å². The molecular formula is C22H22ClFN4O4. The number of methoxy groups -OCH3 is 2. The van der Waals surface area contributed by atoms with Crippen molar-refractivity contribution in [1.82, 2.24) is 14.9 Å². The van der Waals surface area contributed by atoms with Gasteiger partial charge in [0.15, 0.2) is 17.3 Å². The third-order valence-electron chi connectivity index (χ3n) is 5.18. The van der Waals surface area contributed by atoms with E-state index in [0.717, 1.165) is 0 Å². The van der Waals surface area contributed by atoms with Crippen molar-refractivity contribution in [2.75, 3.05) is 39.2 Å². The fourth-order valence-electron chi connectivity index (χ4n) is 3.59. The lowest BCUT2D eigenvalue weighted by Gasteiger charge is -2.19. The lowest BCUT2D eigenvalue weighted by Crippen LogP contribution is -2.33. The summed E-state index contributed by atoms with van der Waals surface area (Å²) < 4.78 is 30.9. The Morgan fingerprint density at radius 3 is 2.91 bits per heavy atom. The first kappa shape index (κ1) is 22.0. The van der Waals surface area contributed by atoms with Gasteiger partial charge in [0, 0.05) is 31.5 Å². The number of fused-ring (bicyclic) bond motifs is 1. The van der Waals surface area contributed by atoms with E-state index in [1.807, 2.05) is 0 Å². The van der Waals surface area contributed by atoms with Crippen LogP contribution in [0.4, 0.5) is 15.9 Å². The second-order valence-electron chi connectivity index (χ2n) is 7.27. The summed E-state index contributed by atoms with van der Waals surface area (Å²) in [4.78, 5) is 22.3. The molecule has 168 valence electrons. The molecule has 1 unspecified atom stereocenters. The summed E-state index contributed by atoms with van der Waals surface area (Å²) in [6.45, 7) is 1.12. The summed E-state index contributed by atoms with van der Waals surface area (Å²) in [6.07, 6.45) is 1.90. The van der Waals surface area contributed by atoms with Gasteiger partial charge in [-0.1, -0.05) is 17.7 Å². The number of nitrogens with zero attached hydrogens (tertiary/aromatic N) is 3. The van der Waals surface area contributed by atoms with Gasteiger partial charge < -0.3 is 24.4 Å². The molecule has 8 nitrogen and oxygen atoms in total. The second kappa shape index (κ2) is 9.54. The van der Waals surface area contributed by atoms with Crippen molar-refractivity contribution in [1.29, 1.82) is 0 Å². The van der Waals surface area contributed by atoms with Crippen molar-refractivity contribution in [2.45, 2.75) is 12.5 Å². The smallest absolute Gasteiger partial charge is 0.248 e. The average Bonchev–Trinajstić information content (AvgIpc) is 3.25. The first-order valence-electron chi connectivity index (χ1n) is 9.97. The molecule has 2 heterocycles. The number of nitrogens with one attached hydrogen (secondary N) is 1. The van der Waals surface area contributed by atoms with Crippen LogP contribution in [-0.4, -0.2) is 60.8 Å². The molecular weight excluding hydrogens is 439 g/mol. The highest BCUT2D eigenvalue weighted by atomic mass is 35.5. The van der Waals surface area contributed by atoms with Crippen molar-refractivity contribution in [2.24, 2.45) is 0 Å². The van der Waals surface area contributed by atoms with Crippen molar-refractivity contribution in [3.63, 3.8) is 0 Å². The Kier molecular flexibility index (Phi) is 6.57. The lowest BCUT2D eigenvalue weighted by atomic mass is 10.2. The third-order valence-corrected chi connectivity index (χ3v) is 5.48. The predicted octanol–water partition coefficient (Wildman–Crippen LogP) is 3.80. The van der Waals surface area contributed by atoms with Crippen LogP contribution in [0, 0.1) is 5.82 Å². The maximum absolute atomic E-state index is 14.3. The van der Waals surface area contributed by atoms with E-state index in [-0.39, 0.29) is 29.3 Å². The fraction of sp³-hybridized carbons (Fsp3) is 0.318. The van der Waals surface area contributed by atoms with E-state index in [1.54, 1.807) is 29.2 Å². The maximum atomic E-state index is 14.3. The van der Waals surface area contributed by atoms with E-state index in [9.17, 15) is 9.18 Å². The highest BCUT2D eigenvalue weighted by molar-refractivity contribution is 6.31. The number of anilines is 2. The number of hydrogen-bond acceptors (Lipinski definition) is 7. The predicted molar refractivity (Wildman–Crippen MR) is 118 cm³/mol. The van der Waals surface area contributed by atoms with Gasteiger partial charge in [-0.15, -0.1) is 0 Å². The van der Waals surface area contributed by atoms with Crippen LogP contribution < -0.4 is 14.8 Å². The number of benzene rings is 2. The molecule has 0 bridgehead atoms. The van der Waals surface area contributed by atoms with Crippen LogP contribution in [0.15, 0.2) is 36.7 Å². The maximum Gasteiger partial charge on any atom is 0.248 e. The minimum Gasteiger partial charge on any atom is -0.493 e. The monoisotopic (exact) mass is 460 g/mol. The number of aromatic nitrogens is 2. The molecule has 1 aliphatic rings. The number of rotatable bonds is 7. The molecule has 0 spiro atoms. The number of ether oxygens (including phenoxy) is 3. The summed E-state index contributed by atoms with van der Waals surface area (Å²) in [5.74, 6) is 0.744.